The Morgan fingerprint density at radius 2 is 1.61 bits per heavy atom. The van der Waals surface area contributed by atoms with Gasteiger partial charge in [-0.1, -0.05) is 27.7 Å². The third-order valence-corrected chi connectivity index (χ3v) is 6.72. The monoisotopic (exact) mass is 342 g/mol. The normalized spacial score (nSPS) is 41.0. The van der Waals surface area contributed by atoms with Crippen LogP contribution in [-0.4, -0.2) is 37.0 Å². The lowest BCUT2D eigenvalue weighted by Gasteiger charge is -2.64. The molecular weight excluding hydrogens is 308 g/mol. The Bertz CT molecular complexity index is 431. The second-order valence-corrected chi connectivity index (χ2v) is 9.19. The number of hydrogen-bond acceptors (Lipinski definition) is 2. The van der Waals surface area contributed by atoms with E-state index in [0.29, 0.717) is 16.7 Å². The lowest BCUT2D eigenvalue weighted by Crippen LogP contribution is -2.60. The Morgan fingerprint density at radius 3 is 2.09 bits per heavy atom. The summed E-state index contributed by atoms with van der Waals surface area (Å²) in [5.41, 5.74) is 0.793. The molecule has 4 bridgehead atoms. The van der Waals surface area contributed by atoms with Crippen LogP contribution in [0.5, 0.6) is 0 Å². The van der Waals surface area contributed by atoms with Gasteiger partial charge in [0.25, 0.3) is 0 Å². The van der Waals surface area contributed by atoms with E-state index in [1.54, 1.807) is 0 Å². The molecule has 4 aliphatic rings. The van der Waals surface area contributed by atoms with Crippen LogP contribution in [-0.2, 0) is 4.79 Å². The number of rotatable bonds is 6. The number of hydrogen-bond donors (Lipinski definition) is 1. The summed E-state index contributed by atoms with van der Waals surface area (Å²) in [7, 11) is 0. The summed E-state index contributed by atoms with van der Waals surface area (Å²) in [6.45, 7) is 13.2. The summed E-state index contributed by atoms with van der Waals surface area (Å²) < 4.78 is 0. The van der Waals surface area contributed by atoms with Crippen molar-refractivity contribution in [1.82, 2.24) is 10.2 Å². The topological polar surface area (TPSA) is 32.3 Å². The van der Waals surface area contributed by atoms with E-state index in [9.17, 15) is 4.79 Å². The number of likely N-dealkylation sites (N-methyl/N-ethyl adjacent to an activating group) is 1. The zero-order chi connectivity index (χ0) is 16.0. The number of halogens is 1. The second kappa shape index (κ2) is 6.55. The fourth-order valence-electron chi connectivity index (χ4n) is 6.76. The van der Waals surface area contributed by atoms with Crippen LogP contribution in [0.4, 0.5) is 0 Å². The highest BCUT2D eigenvalue weighted by Crippen LogP contribution is 2.69. The fourth-order valence-corrected chi connectivity index (χ4v) is 6.76. The predicted molar refractivity (Wildman–Crippen MR) is 97.9 cm³/mol. The molecule has 4 fully saturated rings. The number of carbonyl (C=O) groups excluding carboxylic acids is 1. The maximum atomic E-state index is 13.0. The molecule has 0 aromatic rings. The zero-order valence-corrected chi connectivity index (χ0v) is 16.2. The van der Waals surface area contributed by atoms with Gasteiger partial charge in [0.1, 0.15) is 0 Å². The van der Waals surface area contributed by atoms with Crippen LogP contribution in [0.1, 0.15) is 66.2 Å². The van der Waals surface area contributed by atoms with Crippen molar-refractivity contribution in [3.8, 4) is 0 Å². The number of nitrogens with zero attached hydrogens (tertiary/aromatic N) is 1. The van der Waals surface area contributed by atoms with E-state index >= 15 is 0 Å². The van der Waals surface area contributed by atoms with E-state index in [2.05, 4.69) is 37.9 Å². The van der Waals surface area contributed by atoms with Crippen molar-refractivity contribution in [1.29, 1.82) is 0 Å². The van der Waals surface area contributed by atoms with Gasteiger partial charge in [-0.15, -0.1) is 12.4 Å². The Morgan fingerprint density at radius 1 is 1.04 bits per heavy atom. The van der Waals surface area contributed by atoms with Crippen molar-refractivity contribution in [2.75, 3.05) is 26.2 Å². The molecule has 4 heteroatoms. The van der Waals surface area contributed by atoms with E-state index in [-0.39, 0.29) is 17.8 Å². The first-order valence-electron chi connectivity index (χ1n) is 9.33. The molecule has 0 aromatic carbocycles. The third-order valence-electron chi connectivity index (χ3n) is 6.72. The highest BCUT2D eigenvalue weighted by Gasteiger charge is 2.62. The molecule has 0 aliphatic heterocycles. The molecule has 3 nitrogen and oxygen atoms in total. The summed E-state index contributed by atoms with van der Waals surface area (Å²) in [5, 5.41) is 3.29. The summed E-state index contributed by atoms with van der Waals surface area (Å²) in [5.74, 6) is 1.15. The lowest BCUT2D eigenvalue weighted by molar-refractivity contribution is -0.170. The summed E-state index contributed by atoms with van der Waals surface area (Å²) in [6.07, 6.45) is 7.46. The SMILES string of the molecule is CCN(CC)CCNC(=O)C12CC3CC(C)(CC(C)(C3)C1)C2.Cl. The maximum Gasteiger partial charge on any atom is 0.226 e. The smallest absolute Gasteiger partial charge is 0.226 e. The predicted octanol–water partition coefficient (Wildman–Crippen LogP) is 3.86. The Labute approximate surface area is 148 Å². The molecule has 134 valence electrons. The van der Waals surface area contributed by atoms with Gasteiger partial charge in [-0.05, 0) is 68.4 Å². The highest BCUT2D eigenvalue weighted by atomic mass is 35.5. The zero-order valence-electron chi connectivity index (χ0n) is 15.4. The minimum atomic E-state index is -0.0494. The highest BCUT2D eigenvalue weighted by molar-refractivity contribution is 5.85. The van der Waals surface area contributed by atoms with Crippen LogP contribution in [0.25, 0.3) is 0 Å². The van der Waals surface area contributed by atoms with Gasteiger partial charge in [-0.3, -0.25) is 4.79 Å². The van der Waals surface area contributed by atoms with Gasteiger partial charge in [0.15, 0.2) is 0 Å². The van der Waals surface area contributed by atoms with Gasteiger partial charge in [0, 0.05) is 13.1 Å². The minimum Gasteiger partial charge on any atom is -0.354 e. The first kappa shape index (κ1) is 19.1. The molecule has 1 N–H and O–H groups in total. The molecule has 0 radical (unpaired) electrons. The summed E-state index contributed by atoms with van der Waals surface area (Å²) in [6, 6.07) is 0. The van der Waals surface area contributed by atoms with Gasteiger partial charge in [0.05, 0.1) is 5.41 Å². The van der Waals surface area contributed by atoms with Gasteiger partial charge >= 0.3 is 0 Å². The molecule has 2 atom stereocenters. The molecule has 23 heavy (non-hydrogen) atoms. The molecule has 4 rings (SSSR count). The van der Waals surface area contributed by atoms with E-state index in [1.807, 2.05) is 0 Å². The minimum absolute atomic E-state index is 0. The quantitative estimate of drug-likeness (QED) is 0.794. The van der Waals surface area contributed by atoms with E-state index in [1.165, 1.54) is 19.3 Å². The molecule has 0 aromatic heterocycles. The van der Waals surface area contributed by atoms with Gasteiger partial charge in [-0.2, -0.15) is 0 Å². The van der Waals surface area contributed by atoms with Crippen molar-refractivity contribution >= 4 is 18.3 Å². The largest absolute Gasteiger partial charge is 0.354 e. The third kappa shape index (κ3) is 3.56. The van der Waals surface area contributed by atoms with Crippen molar-refractivity contribution in [3.05, 3.63) is 0 Å². The Balaban J connectivity index is 0.00000192. The average Bonchev–Trinajstić information content (AvgIpc) is 2.39. The number of nitrogens with one attached hydrogen (secondary N) is 1. The molecule has 2 unspecified atom stereocenters. The average molecular weight is 343 g/mol. The van der Waals surface area contributed by atoms with Crippen molar-refractivity contribution < 1.29 is 4.79 Å². The maximum absolute atomic E-state index is 13.0. The van der Waals surface area contributed by atoms with E-state index in [4.69, 9.17) is 0 Å². The van der Waals surface area contributed by atoms with Crippen molar-refractivity contribution in [3.63, 3.8) is 0 Å². The fraction of sp³-hybridized carbons (Fsp3) is 0.947. The van der Waals surface area contributed by atoms with Gasteiger partial charge < -0.3 is 10.2 Å². The summed E-state index contributed by atoms with van der Waals surface area (Å²) >= 11 is 0. The van der Waals surface area contributed by atoms with Gasteiger partial charge in [-0.25, -0.2) is 0 Å². The van der Waals surface area contributed by atoms with E-state index < -0.39 is 0 Å². The standard InChI is InChI=1S/C19H34N2O.ClH/c1-5-21(6-2)8-7-20-16(22)19-11-15-9-17(3,13-19)12-18(4,10-15)14-19;/h15H,5-14H2,1-4H3,(H,20,22);1H. The van der Waals surface area contributed by atoms with Crippen LogP contribution in [0.15, 0.2) is 0 Å². The molecule has 0 spiro atoms. The van der Waals surface area contributed by atoms with Crippen LogP contribution >= 0.6 is 12.4 Å². The van der Waals surface area contributed by atoms with Crippen LogP contribution in [0.2, 0.25) is 0 Å². The number of carbonyl (C=O) groups is 1. The molecule has 4 saturated carbocycles. The molecule has 0 saturated heterocycles. The first-order valence-corrected chi connectivity index (χ1v) is 9.33. The second-order valence-electron chi connectivity index (χ2n) is 9.19. The van der Waals surface area contributed by atoms with Crippen LogP contribution in [0.3, 0.4) is 0 Å². The Kier molecular flexibility index (Phi) is 5.43. The lowest BCUT2D eigenvalue weighted by atomic mass is 9.40. The summed E-state index contributed by atoms with van der Waals surface area (Å²) in [4.78, 5) is 15.4. The van der Waals surface area contributed by atoms with Crippen LogP contribution < -0.4 is 5.32 Å². The molecule has 1 amide bonds. The Hall–Kier alpha value is -0.280. The molecular formula is C19H35ClN2O. The molecule has 4 aliphatic carbocycles. The van der Waals surface area contributed by atoms with E-state index in [0.717, 1.165) is 51.4 Å². The van der Waals surface area contributed by atoms with Crippen molar-refractivity contribution in [2.45, 2.75) is 66.2 Å². The van der Waals surface area contributed by atoms with Crippen molar-refractivity contribution in [2.24, 2.45) is 22.2 Å². The van der Waals surface area contributed by atoms with Gasteiger partial charge in [0.2, 0.25) is 5.91 Å². The first-order chi connectivity index (χ1) is 10.3. The number of amides is 1. The van der Waals surface area contributed by atoms with Crippen LogP contribution in [0, 0.1) is 22.2 Å². The molecule has 0 heterocycles.